The molecule has 0 bridgehead atoms. The molecule has 1 fully saturated rings. The van der Waals surface area contributed by atoms with Gasteiger partial charge in [0.2, 0.25) is 5.91 Å². The summed E-state index contributed by atoms with van der Waals surface area (Å²) < 4.78 is 0. The van der Waals surface area contributed by atoms with Crippen LogP contribution in [0.5, 0.6) is 0 Å². The van der Waals surface area contributed by atoms with Crippen LogP contribution in [-0.4, -0.2) is 35.5 Å². The van der Waals surface area contributed by atoms with Crippen molar-refractivity contribution >= 4 is 17.5 Å². The van der Waals surface area contributed by atoms with E-state index in [4.69, 9.17) is 0 Å². The summed E-state index contributed by atoms with van der Waals surface area (Å²) >= 11 is 0. The summed E-state index contributed by atoms with van der Waals surface area (Å²) in [5.74, 6) is 0.143. The highest BCUT2D eigenvalue weighted by atomic mass is 16.2. The molecule has 0 aromatic heterocycles. The van der Waals surface area contributed by atoms with E-state index in [9.17, 15) is 9.59 Å². The Hall–Kier alpha value is -2.04. The van der Waals surface area contributed by atoms with Crippen molar-refractivity contribution in [2.45, 2.75) is 46.2 Å². The summed E-state index contributed by atoms with van der Waals surface area (Å²) in [5, 5.41) is 6.66. The van der Waals surface area contributed by atoms with Crippen molar-refractivity contribution in [3.05, 3.63) is 29.3 Å². The predicted octanol–water partition coefficient (Wildman–Crippen LogP) is 2.52. The molecule has 1 aromatic carbocycles. The SMILES string of the molecule is Cc1cccc2c1NC1(CCN(C(=O)C(C)(C)C)CC1)NC2=O. The molecule has 0 radical (unpaired) electrons. The molecular formula is C18H25N3O2. The molecule has 5 nitrogen and oxygen atoms in total. The van der Waals surface area contributed by atoms with E-state index in [0.29, 0.717) is 31.5 Å². The molecule has 0 atom stereocenters. The minimum Gasteiger partial charge on any atom is -0.362 e. The Balaban J connectivity index is 1.78. The number of nitrogens with zero attached hydrogens (tertiary/aromatic N) is 1. The summed E-state index contributed by atoms with van der Waals surface area (Å²) in [6.45, 7) is 9.16. The fraction of sp³-hybridized carbons (Fsp3) is 0.556. The minimum absolute atomic E-state index is 0.0296. The fourth-order valence-electron chi connectivity index (χ4n) is 3.39. The van der Waals surface area contributed by atoms with Crippen LogP contribution in [0.25, 0.3) is 0 Å². The summed E-state index contributed by atoms with van der Waals surface area (Å²) in [5.41, 5.74) is 1.89. The van der Waals surface area contributed by atoms with Crippen molar-refractivity contribution in [3.63, 3.8) is 0 Å². The third kappa shape index (κ3) is 2.80. The molecule has 2 heterocycles. The smallest absolute Gasteiger partial charge is 0.255 e. The highest BCUT2D eigenvalue weighted by molar-refractivity contribution is 6.02. The largest absolute Gasteiger partial charge is 0.362 e. The van der Waals surface area contributed by atoms with E-state index in [2.05, 4.69) is 10.6 Å². The Morgan fingerprint density at radius 1 is 1.17 bits per heavy atom. The van der Waals surface area contributed by atoms with Crippen LogP contribution in [0.4, 0.5) is 5.69 Å². The van der Waals surface area contributed by atoms with E-state index >= 15 is 0 Å². The first-order valence-electron chi connectivity index (χ1n) is 8.22. The van der Waals surface area contributed by atoms with Gasteiger partial charge >= 0.3 is 0 Å². The number of nitrogens with one attached hydrogen (secondary N) is 2. The highest BCUT2D eigenvalue weighted by Gasteiger charge is 2.42. The molecule has 2 aliphatic heterocycles. The first-order chi connectivity index (χ1) is 10.7. The van der Waals surface area contributed by atoms with Crippen LogP contribution in [-0.2, 0) is 4.79 Å². The first kappa shape index (κ1) is 15.8. The zero-order valence-corrected chi connectivity index (χ0v) is 14.3. The maximum Gasteiger partial charge on any atom is 0.255 e. The van der Waals surface area contributed by atoms with Crippen molar-refractivity contribution < 1.29 is 9.59 Å². The van der Waals surface area contributed by atoms with E-state index in [1.54, 1.807) is 0 Å². The van der Waals surface area contributed by atoms with E-state index in [1.165, 1.54) is 0 Å². The van der Waals surface area contributed by atoms with Crippen molar-refractivity contribution in [3.8, 4) is 0 Å². The number of piperidine rings is 1. The summed E-state index contributed by atoms with van der Waals surface area (Å²) in [7, 11) is 0. The number of aryl methyl sites for hydroxylation is 1. The Kier molecular flexibility index (Phi) is 3.62. The normalized spacial score (nSPS) is 19.8. The summed E-state index contributed by atoms with van der Waals surface area (Å²) in [6.07, 6.45) is 1.43. The van der Waals surface area contributed by atoms with E-state index in [1.807, 2.05) is 50.8 Å². The lowest BCUT2D eigenvalue weighted by molar-refractivity contribution is -0.141. The maximum atomic E-state index is 12.5. The standard InChI is InChI=1S/C18H25N3O2/c1-12-6-5-7-13-14(12)19-18(20-15(13)22)8-10-21(11-9-18)16(23)17(2,3)4/h5-7,19H,8-11H2,1-4H3,(H,20,22). The average Bonchev–Trinajstić information content (AvgIpc) is 2.48. The Bertz CT molecular complexity index is 653. The Morgan fingerprint density at radius 2 is 1.83 bits per heavy atom. The maximum absolute atomic E-state index is 12.5. The molecule has 3 rings (SSSR count). The van der Waals surface area contributed by atoms with Gasteiger partial charge in [-0.15, -0.1) is 0 Å². The molecule has 0 saturated carbocycles. The molecule has 5 heteroatoms. The number of likely N-dealkylation sites (tertiary alicyclic amines) is 1. The molecule has 1 aromatic rings. The van der Waals surface area contributed by atoms with Crippen LogP contribution < -0.4 is 10.6 Å². The van der Waals surface area contributed by atoms with Crippen molar-refractivity contribution in [1.82, 2.24) is 10.2 Å². The van der Waals surface area contributed by atoms with Crippen LogP contribution in [0.15, 0.2) is 18.2 Å². The first-order valence-corrected chi connectivity index (χ1v) is 8.22. The third-order valence-corrected chi connectivity index (χ3v) is 4.78. The van der Waals surface area contributed by atoms with E-state index in [-0.39, 0.29) is 17.2 Å². The molecule has 2 amide bonds. The van der Waals surface area contributed by atoms with Crippen molar-refractivity contribution in [2.75, 3.05) is 18.4 Å². The van der Waals surface area contributed by atoms with Crippen LogP contribution >= 0.6 is 0 Å². The quantitative estimate of drug-likeness (QED) is 0.773. The number of fused-ring (bicyclic) bond motifs is 1. The van der Waals surface area contributed by atoms with Gasteiger partial charge in [-0.2, -0.15) is 0 Å². The highest BCUT2D eigenvalue weighted by Crippen LogP contribution is 2.34. The number of amides is 2. The number of hydrogen-bond donors (Lipinski definition) is 2. The molecule has 2 N–H and O–H groups in total. The molecule has 1 saturated heterocycles. The lowest BCUT2D eigenvalue weighted by Crippen LogP contribution is -2.63. The van der Waals surface area contributed by atoms with Gasteiger partial charge < -0.3 is 15.5 Å². The van der Waals surface area contributed by atoms with Gasteiger partial charge in [-0.1, -0.05) is 32.9 Å². The monoisotopic (exact) mass is 315 g/mol. The molecule has 0 unspecified atom stereocenters. The van der Waals surface area contributed by atoms with Gasteiger partial charge in [0, 0.05) is 31.3 Å². The van der Waals surface area contributed by atoms with Crippen molar-refractivity contribution in [2.24, 2.45) is 5.41 Å². The lowest BCUT2D eigenvalue weighted by atomic mass is 9.89. The van der Waals surface area contributed by atoms with Crippen LogP contribution in [0, 0.1) is 12.3 Å². The number of carbonyl (C=O) groups is 2. The second kappa shape index (κ2) is 5.25. The zero-order valence-electron chi connectivity index (χ0n) is 14.3. The molecule has 0 aliphatic carbocycles. The molecule has 2 aliphatic rings. The minimum atomic E-state index is -0.440. The Morgan fingerprint density at radius 3 is 2.43 bits per heavy atom. The van der Waals surface area contributed by atoms with Gasteiger partial charge in [-0.25, -0.2) is 0 Å². The number of hydrogen-bond acceptors (Lipinski definition) is 3. The van der Waals surface area contributed by atoms with Gasteiger partial charge in [0.05, 0.1) is 11.3 Å². The number of carbonyl (C=O) groups excluding carboxylic acids is 2. The molecule has 124 valence electrons. The zero-order chi connectivity index (χ0) is 16.8. The number of para-hydroxylation sites is 1. The fourth-order valence-corrected chi connectivity index (χ4v) is 3.39. The third-order valence-electron chi connectivity index (χ3n) is 4.78. The van der Waals surface area contributed by atoms with Crippen LogP contribution in [0.3, 0.4) is 0 Å². The second-order valence-electron chi connectivity index (χ2n) is 7.70. The molecule has 23 heavy (non-hydrogen) atoms. The number of benzene rings is 1. The predicted molar refractivity (Wildman–Crippen MR) is 90.3 cm³/mol. The van der Waals surface area contributed by atoms with Gasteiger partial charge in [-0.05, 0) is 18.6 Å². The van der Waals surface area contributed by atoms with Crippen LogP contribution in [0.1, 0.15) is 49.5 Å². The van der Waals surface area contributed by atoms with Gasteiger partial charge in [0.25, 0.3) is 5.91 Å². The van der Waals surface area contributed by atoms with E-state index in [0.717, 1.165) is 11.3 Å². The number of rotatable bonds is 0. The van der Waals surface area contributed by atoms with Crippen LogP contribution in [0.2, 0.25) is 0 Å². The van der Waals surface area contributed by atoms with Gasteiger partial charge in [-0.3, -0.25) is 9.59 Å². The second-order valence-corrected chi connectivity index (χ2v) is 7.70. The van der Waals surface area contributed by atoms with Gasteiger partial charge in [0.15, 0.2) is 0 Å². The number of anilines is 1. The molecular weight excluding hydrogens is 290 g/mol. The summed E-state index contributed by atoms with van der Waals surface area (Å²) in [4.78, 5) is 26.8. The topological polar surface area (TPSA) is 61.4 Å². The van der Waals surface area contributed by atoms with E-state index < -0.39 is 5.66 Å². The Labute approximate surface area is 137 Å². The molecule has 1 spiro atoms. The average molecular weight is 315 g/mol. The van der Waals surface area contributed by atoms with Gasteiger partial charge in [0.1, 0.15) is 5.66 Å². The van der Waals surface area contributed by atoms with Crippen molar-refractivity contribution in [1.29, 1.82) is 0 Å². The lowest BCUT2D eigenvalue weighted by Gasteiger charge is -2.47. The summed E-state index contributed by atoms with van der Waals surface area (Å²) in [6, 6.07) is 5.75.